The number of nitrogens with one attached hydrogen (secondary N) is 3. The maximum Gasteiger partial charge on any atom is 0.351 e. The molecule has 2 heterocycles. The molecule has 0 saturated carbocycles. The molecule has 1 aromatic rings. The molecule has 0 bridgehead atoms. The maximum absolute atomic E-state index is 12.7. The van der Waals surface area contributed by atoms with Gasteiger partial charge in [-0.25, -0.2) is 13.2 Å². The summed E-state index contributed by atoms with van der Waals surface area (Å²) in [6.45, 7) is -1.56. The number of hydrogen-bond donors (Lipinski definition) is 5. The van der Waals surface area contributed by atoms with Gasteiger partial charge in [-0.2, -0.15) is 4.98 Å². The van der Waals surface area contributed by atoms with E-state index in [1.165, 1.54) is 12.3 Å². The second-order valence-corrected chi connectivity index (χ2v) is 9.30. The molecular formula is C18H25N5O11S. The lowest BCUT2D eigenvalue weighted by Gasteiger charge is -2.18. The molecule has 2 rings (SSSR count). The summed E-state index contributed by atoms with van der Waals surface area (Å²) in [6, 6.07) is 1.36. The van der Waals surface area contributed by atoms with Crippen LogP contribution in [0.1, 0.15) is 19.1 Å². The fourth-order valence-corrected chi connectivity index (χ4v) is 4.18. The molecule has 1 saturated heterocycles. The smallest absolute Gasteiger partial charge is 0.351 e. The van der Waals surface area contributed by atoms with E-state index in [1.807, 2.05) is 10.6 Å². The summed E-state index contributed by atoms with van der Waals surface area (Å²) in [6.07, 6.45) is -0.462. The first-order chi connectivity index (χ1) is 16.6. The van der Waals surface area contributed by atoms with Crippen molar-refractivity contribution in [1.82, 2.24) is 20.2 Å². The molecule has 3 atom stereocenters. The third-order valence-electron chi connectivity index (χ3n) is 4.51. The molecule has 0 spiro atoms. The Morgan fingerprint density at radius 1 is 1.34 bits per heavy atom. The summed E-state index contributed by atoms with van der Waals surface area (Å²) in [5.41, 5.74) is -0.738. The van der Waals surface area contributed by atoms with Crippen LogP contribution in [0.3, 0.4) is 0 Å². The number of rotatable bonds is 14. The van der Waals surface area contributed by atoms with Gasteiger partial charge in [0.15, 0.2) is 22.4 Å². The van der Waals surface area contributed by atoms with E-state index in [1.54, 1.807) is 0 Å². The zero-order valence-electron chi connectivity index (χ0n) is 18.3. The minimum atomic E-state index is -4.36. The number of nitrogens with zero attached hydrogens (tertiary/aromatic N) is 2. The number of amides is 2. The summed E-state index contributed by atoms with van der Waals surface area (Å²) in [7, 11) is -4.36. The molecule has 17 heteroatoms. The van der Waals surface area contributed by atoms with Crippen LogP contribution in [0.15, 0.2) is 17.1 Å². The lowest BCUT2D eigenvalue weighted by molar-refractivity contribution is -0.138. The van der Waals surface area contributed by atoms with Gasteiger partial charge in [-0.3, -0.25) is 19.0 Å². The van der Waals surface area contributed by atoms with Crippen molar-refractivity contribution >= 4 is 39.7 Å². The first-order valence-electron chi connectivity index (χ1n) is 10.2. The van der Waals surface area contributed by atoms with Crippen LogP contribution in [0.5, 0.6) is 0 Å². The van der Waals surface area contributed by atoms with Crippen LogP contribution >= 0.6 is 0 Å². The van der Waals surface area contributed by atoms with Crippen molar-refractivity contribution in [3.8, 4) is 0 Å². The number of hydrogen-bond acceptors (Lipinski definition) is 12. The highest BCUT2D eigenvalue weighted by Gasteiger charge is 2.34. The molecule has 3 unspecified atom stereocenters. The molecule has 1 fully saturated rings. The summed E-state index contributed by atoms with van der Waals surface area (Å²) in [5, 5.41) is 22.1. The highest BCUT2D eigenvalue weighted by atomic mass is 32.2. The van der Waals surface area contributed by atoms with E-state index in [2.05, 4.69) is 10.3 Å². The van der Waals surface area contributed by atoms with Crippen LogP contribution in [-0.4, -0.2) is 96.0 Å². The second-order valence-electron chi connectivity index (χ2n) is 7.10. The van der Waals surface area contributed by atoms with Crippen molar-refractivity contribution < 1.29 is 47.3 Å². The van der Waals surface area contributed by atoms with Crippen LogP contribution in [-0.2, 0) is 38.5 Å². The lowest BCUT2D eigenvalue weighted by Crippen LogP contribution is -2.53. The summed E-state index contributed by atoms with van der Waals surface area (Å²) in [5.74, 6) is -4.26. The molecule has 0 aromatic carbocycles. The SMILES string of the molecule is O=CCCC(=O)NC(C(=O)NCC(=O)O)S(=O)(=O)CCNc1ccn(C2COC(CO)O2)c(=O)n1. The van der Waals surface area contributed by atoms with Crippen molar-refractivity contribution in [1.29, 1.82) is 0 Å². The van der Waals surface area contributed by atoms with Gasteiger partial charge in [0, 0.05) is 25.6 Å². The average Bonchev–Trinajstić information content (AvgIpc) is 3.28. The van der Waals surface area contributed by atoms with Crippen LogP contribution in [0.2, 0.25) is 0 Å². The van der Waals surface area contributed by atoms with Gasteiger partial charge in [0.2, 0.25) is 11.3 Å². The van der Waals surface area contributed by atoms with E-state index in [4.69, 9.17) is 19.7 Å². The minimum Gasteiger partial charge on any atom is -0.480 e. The third kappa shape index (κ3) is 8.39. The van der Waals surface area contributed by atoms with E-state index in [-0.39, 0.29) is 38.4 Å². The van der Waals surface area contributed by atoms with Crippen molar-refractivity contribution in [2.24, 2.45) is 0 Å². The average molecular weight is 519 g/mol. The largest absolute Gasteiger partial charge is 0.480 e. The second kappa shape index (κ2) is 12.9. The van der Waals surface area contributed by atoms with Gasteiger partial charge in [-0.15, -0.1) is 0 Å². The topological polar surface area (TPSA) is 232 Å². The number of anilines is 1. The van der Waals surface area contributed by atoms with E-state index in [0.717, 1.165) is 4.57 Å². The molecule has 5 N–H and O–H groups in total. The number of sulfone groups is 1. The number of aromatic nitrogens is 2. The predicted octanol–water partition coefficient (Wildman–Crippen LogP) is -3.44. The van der Waals surface area contributed by atoms with E-state index >= 15 is 0 Å². The van der Waals surface area contributed by atoms with Crippen LogP contribution in [0.4, 0.5) is 5.82 Å². The highest BCUT2D eigenvalue weighted by Crippen LogP contribution is 2.19. The number of carbonyl (C=O) groups excluding carboxylic acids is 3. The maximum atomic E-state index is 12.7. The first kappa shape index (κ1) is 27.8. The van der Waals surface area contributed by atoms with Gasteiger partial charge in [0.05, 0.1) is 19.0 Å². The number of carbonyl (C=O) groups is 4. The number of carboxylic acids is 1. The summed E-state index contributed by atoms with van der Waals surface area (Å²) < 4.78 is 37.0. The fraction of sp³-hybridized carbons (Fsp3) is 0.556. The highest BCUT2D eigenvalue weighted by molar-refractivity contribution is 7.92. The third-order valence-corrected chi connectivity index (χ3v) is 6.33. The molecule has 1 aliphatic rings. The Morgan fingerprint density at radius 2 is 2.09 bits per heavy atom. The van der Waals surface area contributed by atoms with Gasteiger partial charge in [-0.1, -0.05) is 0 Å². The molecule has 0 aliphatic carbocycles. The van der Waals surface area contributed by atoms with Crippen molar-refractivity contribution in [3.05, 3.63) is 22.7 Å². The Bertz CT molecular complexity index is 1090. The summed E-state index contributed by atoms with van der Waals surface area (Å²) >= 11 is 0. The van der Waals surface area contributed by atoms with Gasteiger partial charge < -0.3 is 40.4 Å². The number of aliphatic hydroxyl groups is 1. The van der Waals surface area contributed by atoms with E-state index in [0.29, 0.717) is 6.29 Å². The molecule has 1 aromatic heterocycles. The van der Waals surface area contributed by atoms with Crippen LogP contribution in [0, 0.1) is 0 Å². The molecule has 1 aliphatic heterocycles. The first-order valence-corrected chi connectivity index (χ1v) is 11.9. The number of aliphatic hydroxyl groups excluding tert-OH is 1. The van der Waals surface area contributed by atoms with Gasteiger partial charge in [0.1, 0.15) is 18.6 Å². The molecular weight excluding hydrogens is 494 g/mol. The molecule has 16 nitrogen and oxygen atoms in total. The van der Waals surface area contributed by atoms with Crippen molar-refractivity contribution in [2.45, 2.75) is 30.7 Å². The van der Waals surface area contributed by atoms with Gasteiger partial charge in [-0.05, 0) is 6.07 Å². The number of ether oxygens (including phenoxy) is 2. The standard InChI is InChI=1S/C18H25N5O11S/c24-6-1-2-12(26)22-17(16(29)20-8-14(27)28)35(31,32)7-4-19-11-3-5-23(18(30)21-11)13-10-33-15(9-25)34-13/h3,5-6,13,15,17,25H,1-2,4,7-10H2,(H,20,29)(H,22,26)(H,27,28)(H,19,21,30). The Hall–Kier alpha value is -3.41. The quantitative estimate of drug-likeness (QED) is 0.151. The van der Waals surface area contributed by atoms with Gasteiger partial charge >= 0.3 is 11.7 Å². The van der Waals surface area contributed by atoms with Crippen LogP contribution in [0.25, 0.3) is 0 Å². The Morgan fingerprint density at radius 3 is 2.69 bits per heavy atom. The minimum absolute atomic E-state index is 0.0148. The van der Waals surface area contributed by atoms with Crippen molar-refractivity contribution in [2.75, 3.05) is 37.4 Å². The number of carboxylic acid groups (broad SMARTS) is 1. The summed E-state index contributed by atoms with van der Waals surface area (Å²) in [4.78, 5) is 61.2. The van der Waals surface area contributed by atoms with Gasteiger partial charge in [0.25, 0.3) is 5.91 Å². The Kier molecular flexibility index (Phi) is 10.2. The zero-order chi connectivity index (χ0) is 26.0. The van der Waals surface area contributed by atoms with Crippen molar-refractivity contribution in [3.63, 3.8) is 0 Å². The molecule has 194 valence electrons. The fourth-order valence-electron chi connectivity index (χ4n) is 2.84. The zero-order valence-corrected chi connectivity index (χ0v) is 19.1. The lowest BCUT2D eigenvalue weighted by atomic mass is 10.3. The van der Waals surface area contributed by atoms with E-state index in [9.17, 15) is 32.4 Å². The number of aliphatic carboxylic acids is 1. The predicted molar refractivity (Wildman–Crippen MR) is 116 cm³/mol. The normalized spacial score (nSPS) is 18.4. The Labute approximate surface area is 198 Å². The molecule has 0 radical (unpaired) electrons. The monoisotopic (exact) mass is 519 g/mol. The Balaban J connectivity index is 2.03. The molecule has 2 amide bonds. The van der Waals surface area contributed by atoms with E-state index < -0.39 is 63.5 Å². The molecule has 35 heavy (non-hydrogen) atoms. The van der Waals surface area contributed by atoms with Crippen LogP contribution < -0.4 is 21.6 Å². The number of aldehydes is 1.